The van der Waals surface area contributed by atoms with Gasteiger partial charge in [-0.25, -0.2) is 8.78 Å². The zero-order chi connectivity index (χ0) is 20.6. The Balaban J connectivity index is 1.68. The Kier molecular flexibility index (Phi) is 7.55. The first kappa shape index (κ1) is 21.2. The van der Waals surface area contributed by atoms with Gasteiger partial charge in [-0.2, -0.15) is 0 Å². The lowest BCUT2D eigenvalue weighted by atomic mass is 10.0. The summed E-state index contributed by atoms with van der Waals surface area (Å²) < 4.78 is 32.4. The summed E-state index contributed by atoms with van der Waals surface area (Å²) in [6.07, 6.45) is 0. The highest BCUT2D eigenvalue weighted by atomic mass is 19.1. The van der Waals surface area contributed by atoms with Crippen LogP contribution >= 0.6 is 0 Å². The fourth-order valence-electron chi connectivity index (χ4n) is 3.59. The summed E-state index contributed by atoms with van der Waals surface area (Å²) in [5.41, 5.74) is 1.92. The molecule has 3 rings (SSSR count). The summed E-state index contributed by atoms with van der Waals surface area (Å²) in [6.45, 7) is 4.17. The van der Waals surface area contributed by atoms with E-state index in [4.69, 9.17) is 4.74 Å². The zero-order valence-electron chi connectivity index (χ0n) is 16.9. The molecule has 1 heterocycles. The van der Waals surface area contributed by atoms with Gasteiger partial charge in [0.1, 0.15) is 11.6 Å². The largest absolute Gasteiger partial charge is 0.379 e. The molecule has 5 nitrogen and oxygen atoms in total. The van der Waals surface area contributed by atoms with Crippen molar-refractivity contribution in [2.75, 3.05) is 46.9 Å². The maximum Gasteiger partial charge on any atom is 0.193 e. The number of halogens is 2. The minimum Gasteiger partial charge on any atom is -0.379 e. The molecule has 0 amide bonds. The topological polar surface area (TPSA) is 40.1 Å². The number of morpholine rings is 1. The van der Waals surface area contributed by atoms with E-state index in [0.29, 0.717) is 26.3 Å². The van der Waals surface area contributed by atoms with Crippen LogP contribution in [0.3, 0.4) is 0 Å². The van der Waals surface area contributed by atoms with Crippen LogP contribution in [0.25, 0.3) is 0 Å². The number of guanidine groups is 1. The van der Waals surface area contributed by atoms with Crippen LogP contribution in [0.15, 0.2) is 53.5 Å². The van der Waals surface area contributed by atoms with E-state index in [1.54, 1.807) is 13.1 Å². The first-order valence-electron chi connectivity index (χ1n) is 9.80. The summed E-state index contributed by atoms with van der Waals surface area (Å²) in [7, 11) is 3.65. The number of nitrogens with one attached hydrogen (secondary N) is 1. The molecule has 0 bridgehead atoms. The quantitative estimate of drug-likeness (QED) is 0.596. The first-order valence-corrected chi connectivity index (χ1v) is 9.80. The van der Waals surface area contributed by atoms with Gasteiger partial charge >= 0.3 is 0 Å². The lowest BCUT2D eigenvalue weighted by Crippen LogP contribution is -2.46. The lowest BCUT2D eigenvalue weighted by molar-refractivity contribution is 0.0169. The van der Waals surface area contributed by atoms with E-state index in [1.165, 1.54) is 24.3 Å². The molecular weight excluding hydrogens is 374 g/mol. The fourth-order valence-corrected chi connectivity index (χ4v) is 3.59. The van der Waals surface area contributed by atoms with Crippen LogP contribution in [0.5, 0.6) is 0 Å². The average molecular weight is 402 g/mol. The van der Waals surface area contributed by atoms with E-state index in [2.05, 4.69) is 15.2 Å². The molecule has 1 aliphatic rings. The molecule has 0 aromatic heterocycles. The SMILES string of the molecule is CN=C(NCC(c1ccc(F)cc1)N1CCOCC1)N(C)Cc1cccc(F)c1. The van der Waals surface area contributed by atoms with Crippen molar-refractivity contribution in [1.29, 1.82) is 0 Å². The third-order valence-corrected chi connectivity index (χ3v) is 5.08. The van der Waals surface area contributed by atoms with Crippen molar-refractivity contribution in [3.63, 3.8) is 0 Å². The first-order chi connectivity index (χ1) is 14.1. The molecule has 2 aromatic carbocycles. The Morgan fingerprint density at radius 2 is 1.86 bits per heavy atom. The van der Waals surface area contributed by atoms with Gasteiger partial charge in [0.15, 0.2) is 5.96 Å². The predicted octanol–water partition coefficient (Wildman–Crippen LogP) is 3.05. The molecule has 1 fully saturated rings. The number of benzene rings is 2. The fraction of sp³-hybridized carbons (Fsp3) is 0.409. The maximum absolute atomic E-state index is 13.5. The highest BCUT2D eigenvalue weighted by molar-refractivity contribution is 5.79. The van der Waals surface area contributed by atoms with Crippen molar-refractivity contribution in [2.45, 2.75) is 12.6 Å². The number of aliphatic imine (C=N–C) groups is 1. The summed E-state index contributed by atoms with van der Waals surface area (Å²) >= 11 is 0. The van der Waals surface area contributed by atoms with Gasteiger partial charge in [-0.1, -0.05) is 24.3 Å². The Labute approximate surface area is 171 Å². The Morgan fingerprint density at radius 3 is 2.52 bits per heavy atom. The van der Waals surface area contributed by atoms with Crippen LogP contribution in [0, 0.1) is 11.6 Å². The van der Waals surface area contributed by atoms with Crippen LogP contribution < -0.4 is 5.32 Å². The van der Waals surface area contributed by atoms with Crippen LogP contribution in [0.2, 0.25) is 0 Å². The van der Waals surface area contributed by atoms with E-state index < -0.39 is 0 Å². The van der Waals surface area contributed by atoms with E-state index >= 15 is 0 Å². The second-order valence-electron chi connectivity index (χ2n) is 7.13. The minimum atomic E-state index is -0.248. The van der Waals surface area contributed by atoms with Gasteiger partial charge in [0, 0.05) is 40.3 Å². The van der Waals surface area contributed by atoms with E-state index in [-0.39, 0.29) is 17.7 Å². The smallest absolute Gasteiger partial charge is 0.193 e. The number of nitrogens with zero attached hydrogens (tertiary/aromatic N) is 3. The average Bonchev–Trinajstić information content (AvgIpc) is 2.73. The zero-order valence-corrected chi connectivity index (χ0v) is 16.9. The Bertz CT molecular complexity index is 807. The summed E-state index contributed by atoms with van der Waals surface area (Å²) in [5.74, 6) is 0.227. The van der Waals surface area contributed by atoms with Crippen LogP contribution in [0.4, 0.5) is 8.78 Å². The molecular formula is C22H28F2N4O. The van der Waals surface area contributed by atoms with Gasteiger partial charge in [0.2, 0.25) is 0 Å². The van der Waals surface area contributed by atoms with Crippen molar-refractivity contribution in [2.24, 2.45) is 4.99 Å². The van der Waals surface area contributed by atoms with Gasteiger partial charge in [0.25, 0.3) is 0 Å². The van der Waals surface area contributed by atoms with Gasteiger partial charge in [-0.05, 0) is 35.4 Å². The molecule has 156 valence electrons. The van der Waals surface area contributed by atoms with Crippen LogP contribution in [-0.2, 0) is 11.3 Å². The van der Waals surface area contributed by atoms with Crippen molar-refractivity contribution in [3.8, 4) is 0 Å². The molecule has 0 aliphatic carbocycles. The van der Waals surface area contributed by atoms with Gasteiger partial charge in [0.05, 0.1) is 19.3 Å². The molecule has 1 unspecified atom stereocenters. The van der Waals surface area contributed by atoms with E-state index in [9.17, 15) is 8.78 Å². The second kappa shape index (κ2) is 10.3. The predicted molar refractivity (Wildman–Crippen MR) is 111 cm³/mol. The molecule has 0 radical (unpaired) electrons. The third-order valence-electron chi connectivity index (χ3n) is 5.08. The summed E-state index contributed by atoms with van der Waals surface area (Å²) in [6, 6.07) is 13.3. The molecule has 29 heavy (non-hydrogen) atoms. The Hall–Kier alpha value is -2.51. The van der Waals surface area contributed by atoms with Crippen molar-refractivity contribution < 1.29 is 13.5 Å². The third kappa shape index (κ3) is 5.98. The monoisotopic (exact) mass is 402 g/mol. The molecule has 2 aromatic rings. The van der Waals surface area contributed by atoms with Crippen LogP contribution in [-0.4, -0.2) is 62.7 Å². The van der Waals surface area contributed by atoms with Gasteiger partial charge in [-0.3, -0.25) is 9.89 Å². The van der Waals surface area contributed by atoms with Crippen molar-refractivity contribution in [3.05, 3.63) is 71.3 Å². The molecule has 1 saturated heterocycles. The summed E-state index contributed by atoms with van der Waals surface area (Å²) in [5, 5.41) is 3.42. The number of rotatable bonds is 6. The summed E-state index contributed by atoms with van der Waals surface area (Å²) in [4.78, 5) is 8.66. The lowest BCUT2D eigenvalue weighted by Gasteiger charge is -2.35. The molecule has 0 spiro atoms. The number of ether oxygens (including phenoxy) is 1. The van der Waals surface area contributed by atoms with Gasteiger partial charge < -0.3 is 15.0 Å². The van der Waals surface area contributed by atoms with Gasteiger partial charge in [-0.15, -0.1) is 0 Å². The molecule has 0 saturated carbocycles. The molecule has 7 heteroatoms. The Morgan fingerprint density at radius 1 is 1.14 bits per heavy atom. The highest BCUT2D eigenvalue weighted by Gasteiger charge is 2.23. The minimum absolute atomic E-state index is 0.0684. The van der Waals surface area contributed by atoms with Crippen LogP contribution in [0.1, 0.15) is 17.2 Å². The molecule has 1 aliphatic heterocycles. The second-order valence-corrected chi connectivity index (χ2v) is 7.13. The maximum atomic E-state index is 13.5. The standard InChI is InChI=1S/C22H28F2N4O/c1-25-22(27(2)16-17-4-3-5-20(24)14-17)26-15-21(28-10-12-29-13-11-28)18-6-8-19(23)9-7-18/h3-9,14,21H,10-13,15-16H2,1-2H3,(H,25,26). The van der Waals surface area contributed by atoms with Crippen molar-refractivity contribution in [1.82, 2.24) is 15.1 Å². The van der Waals surface area contributed by atoms with E-state index in [1.807, 2.05) is 30.1 Å². The molecule has 1 N–H and O–H groups in total. The number of hydrogen-bond donors (Lipinski definition) is 1. The number of hydrogen-bond acceptors (Lipinski definition) is 3. The highest BCUT2D eigenvalue weighted by Crippen LogP contribution is 2.22. The molecule has 1 atom stereocenters. The van der Waals surface area contributed by atoms with E-state index in [0.717, 1.165) is 30.2 Å². The van der Waals surface area contributed by atoms with Crippen molar-refractivity contribution >= 4 is 5.96 Å². The normalized spacial score (nSPS) is 16.5.